The van der Waals surface area contributed by atoms with E-state index in [2.05, 4.69) is 36.1 Å². The van der Waals surface area contributed by atoms with E-state index in [0.717, 1.165) is 16.6 Å². The topological polar surface area (TPSA) is 67.0 Å². The number of rotatable bonds is 5. The minimum Gasteiger partial charge on any atom is -0.484 e. The van der Waals surface area contributed by atoms with Crippen LogP contribution in [0.15, 0.2) is 48.8 Å². The first-order chi connectivity index (χ1) is 11.9. The van der Waals surface area contributed by atoms with Gasteiger partial charge >= 0.3 is 0 Å². The van der Waals surface area contributed by atoms with E-state index in [1.165, 1.54) is 5.56 Å². The van der Waals surface area contributed by atoms with Crippen molar-refractivity contribution in [2.45, 2.75) is 32.7 Å². The number of ether oxygens (including phenoxy) is 1. The van der Waals surface area contributed by atoms with Crippen LogP contribution in [0.3, 0.4) is 0 Å². The molecule has 5 nitrogen and oxygen atoms in total. The molecule has 1 amide bonds. The number of imidazole rings is 1. The summed E-state index contributed by atoms with van der Waals surface area (Å²) in [6, 6.07) is 13.7. The monoisotopic (exact) mass is 337 g/mol. The van der Waals surface area contributed by atoms with Gasteiger partial charge in [-0.05, 0) is 40.8 Å². The molecule has 0 saturated carbocycles. The fraction of sp³-hybridized carbons (Fsp3) is 0.300. The normalized spacial score (nSPS) is 11.5. The minimum absolute atomic E-state index is 0.00116. The third-order valence-electron chi connectivity index (χ3n) is 4.06. The molecule has 1 aromatic heterocycles. The van der Waals surface area contributed by atoms with Crippen molar-refractivity contribution in [1.29, 1.82) is 0 Å². The number of nitrogens with zero attached hydrogens (tertiary/aromatic N) is 1. The first-order valence-corrected chi connectivity index (χ1v) is 8.34. The van der Waals surface area contributed by atoms with Crippen molar-refractivity contribution in [2.24, 2.45) is 0 Å². The molecule has 3 rings (SSSR count). The molecule has 0 unspecified atom stereocenters. The van der Waals surface area contributed by atoms with E-state index in [4.69, 9.17) is 4.74 Å². The van der Waals surface area contributed by atoms with Crippen LogP contribution in [0.5, 0.6) is 5.75 Å². The smallest absolute Gasteiger partial charge is 0.258 e. The van der Waals surface area contributed by atoms with Crippen LogP contribution in [0.25, 0.3) is 11.0 Å². The molecule has 3 aromatic rings. The Morgan fingerprint density at radius 2 is 1.92 bits per heavy atom. The fourth-order valence-electron chi connectivity index (χ4n) is 2.54. The van der Waals surface area contributed by atoms with Crippen LogP contribution >= 0.6 is 0 Å². The van der Waals surface area contributed by atoms with Gasteiger partial charge in [0.15, 0.2) is 6.61 Å². The number of aromatic nitrogens is 2. The molecular weight excluding hydrogens is 314 g/mol. The molecule has 1 heterocycles. The van der Waals surface area contributed by atoms with Gasteiger partial charge in [0, 0.05) is 6.54 Å². The predicted octanol–water partition coefficient (Wildman–Crippen LogP) is 3.56. The second-order valence-electron chi connectivity index (χ2n) is 7.09. The summed E-state index contributed by atoms with van der Waals surface area (Å²) >= 11 is 0. The molecule has 0 aliphatic heterocycles. The SMILES string of the molecule is CC(C)(C)c1ccc(OCC(=O)NCc2ccc3nc[nH]c3c2)cc1. The summed E-state index contributed by atoms with van der Waals surface area (Å²) in [6.45, 7) is 6.95. The number of carbonyl (C=O) groups excluding carboxylic acids is 1. The quantitative estimate of drug-likeness (QED) is 0.748. The Bertz CT molecular complexity index is 861. The molecule has 0 spiro atoms. The van der Waals surface area contributed by atoms with Gasteiger partial charge in [-0.2, -0.15) is 0 Å². The summed E-state index contributed by atoms with van der Waals surface area (Å²) in [7, 11) is 0. The molecular formula is C20H23N3O2. The number of hydrogen-bond donors (Lipinski definition) is 2. The summed E-state index contributed by atoms with van der Waals surface area (Å²) in [4.78, 5) is 19.2. The van der Waals surface area contributed by atoms with E-state index in [-0.39, 0.29) is 17.9 Å². The maximum atomic E-state index is 12.0. The van der Waals surface area contributed by atoms with E-state index in [0.29, 0.717) is 12.3 Å². The van der Waals surface area contributed by atoms with Crippen LogP contribution < -0.4 is 10.1 Å². The summed E-state index contributed by atoms with van der Waals surface area (Å²) < 4.78 is 5.55. The Balaban J connectivity index is 1.49. The Kier molecular flexibility index (Phi) is 4.74. The molecule has 0 atom stereocenters. The third-order valence-corrected chi connectivity index (χ3v) is 4.06. The summed E-state index contributed by atoms with van der Waals surface area (Å²) in [5.74, 6) is 0.548. The number of hydrogen-bond acceptors (Lipinski definition) is 3. The van der Waals surface area contributed by atoms with Crippen molar-refractivity contribution < 1.29 is 9.53 Å². The maximum Gasteiger partial charge on any atom is 0.258 e. The van der Waals surface area contributed by atoms with Crippen molar-refractivity contribution in [3.63, 3.8) is 0 Å². The Hall–Kier alpha value is -2.82. The van der Waals surface area contributed by atoms with E-state index in [1.807, 2.05) is 42.5 Å². The molecule has 130 valence electrons. The van der Waals surface area contributed by atoms with Gasteiger partial charge in [0.05, 0.1) is 17.4 Å². The van der Waals surface area contributed by atoms with Gasteiger partial charge in [-0.1, -0.05) is 39.0 Å². The molecule has 2 aromatic carbocycles. The lowest BCUT2D eigenvalue weighted by Crippen LogP contribution is -2.28. The third kappa shape index (κ3) is 4.38. The van der Waals surface area contributed by atoms with Gasteiger partial charge in [0.2, 0.25) is 0 Å². The lowest BCUT2D eigenvalue weighted by molar-refractivity contribution is -0.123. The Morgan fingerprint density at radius 1 is 1.16 bits per heavy atom. The maximum absolute atomic E-state index is 12.0. The van der Waals surface area contributed by atoms with Crippen molar-refractivity contribution in [1.82, 2.24) is 15.3 Å². The van der Waals surface area contributed by atoms with E-state index < -0.39 is 0 Å². The molecule has 0 aliphatic rings. The standard InChI is InChI=1S/C20H23N3O2/c1-20(2,3)15-5-7-16(8-6-15)25-12-19(24)21-11-14-4-9-17-18(10-14)23-13-22-17/h4-10,13H,11-12H2,1-3H3,(H,21,24)(H,22,23). The molecule has 0 fully saturated rings. The molecule has 0 bridgehead atoms. The molecule has 0 radical (unpaired) electrons. The van der Waals surface area contributed by atoms with Crippen molar-refractivity contribution in [3.8, 4) is 5.75 Å². The number of carbonyl (C=O) groups is 1. The Morgan fingerprint density at radius 3 is 2.64 bits per heavy atom. The highest BCUT2D eigenvalue weighted by atomic mass is 16.5. The van der Waals surface area contributed by atoms with Crippen LogP contribution in [0, 0.1) is 0 Å². The number of H-pyrrole nitrogens is 1. The van der Waals surface area contributed by atoms with Gasteiger partial charge in [-0.25, -0.2) is 4.98 Å². The first-order valence-electron chi connectivity index (χ1n) is 8.34. The number of fused-ring (bicyclic) bond motifs is 1. The van der Waals surface area contributed by atoms with E-state index >= 15 is 0 Å². The summed E-state index contributed by atoms with van der Waals surface area (Å²) in [5, 5.41) is 2.86. The Labute approximate surface area is 147 Å². The number of amides is 1. The zero-order valence-electron chi connectivity index (χ0n) is 14.8. The van der Waals surface area contributed by atoms with Crippen LogP contribution in [0.1, 0.15) is 31.9 Å². The number of nitrogens with one attached hydrogen (secondary N) is 2. The van der Waals surface area contributed by atoms with Gasteiger partial charge in [0.25, 0.3) is 5.91 Å². The predicted molar refractivity (Wildman–Crippen MR) is 98.6 cm³/mol. The first kappa shape index (κ1) is 17.0. The molecule has 0 aliphatic carbocycles. The van der Waals surface area contributed by atoms with Crippen LogP contribution in [-0.4, -0.2) is 22.5 Å². The molecule has 2 N–H and O–H groups in total. The lowest BCUT2D eigenvalue weighted by atomic mass is 9.87. The average molecular weight is 337 g/mol. The molecule has 25 heavy (non-hydrogen) atoms. The zero-order valence-corrected chi connectivity index (χ0v) is 14.8. The van der Waals surface area contributed by atoms with Gasteiger partial charge in [0.1, 0.15) is 5.75 Å². The molecule has 0 saturated heterocycles. The highest BCUT2D eigenvalue weighted by Gasteiger charge is 2.13. The van der Waals surface area contributed by atoms with Crippen molar-refractivity contribution >= 4 is 16.9 Å². The molecule has 5 heteroatoms. The summed E-state index contributed by atoms with van der Waals surface area (Å²) in [6.07, 6.45) is 1.66. The number of aromatic amines is 1. The highest BCUT2D eigenvalue weighted by molar-refractivity contribution is 5.78. The minimum atomic E-state index is -0.149. The van der Waals surface area contributed by atoms with Gasteiger partial charge in [-0.3, -0.25) is 4.79 Å². The largest absolute Gasteiger partial charge is 0.484 e. The highest BCUT2D eigenvalue weighted by Crippen LogP contribution is 2.24. The second kappa shape index (κ2) is 6.97. The zero-order chi connectivity index (χ0) is 17.9. The van der Waals surface area contributed by atoms with Gasteiger partial charge < -0.3 is 15.0 Å². The van der Waals surface area contributed by atoms with E-state index in [1.54, 1.807) is 6.33 Å². The van der Waals surface area contributed by atoms with Crippen LogP contribution in [-0.2, 0) is 16.8 Å². The average Bonchev–Trinajstić information content (AvgIpc) is 3.05. The number of benzene rings is 2. The van der Waals surface area contributed by atoms with E-state index in [9.17, 15) is 4.79 Å². The van der Waals surface area contributed by atoms with Crippen molar-refractivity contribution in [2.75, 3.05) is 6.61 Å². The van der Waals surface area contributed by atoms with Gasteiger partial charge in [-0.15, -0.1) is 0 Å². The summed E-state index contributed by atoms with van der Waals surface area (Å²) in [5.41, 5.74) is 4.23. The second-order valence-corrected chi connectivity index (χ2v) is 7.09. The van der Waals surface area contributed by atoms with Crippen molar-refractivity contribution in [3.05, 3.63) is 59.9 Å². The van der Waals surface area contributed by atoms with Crippen LogP contribution in [0.4, 0.5) is 0 Å². The lowest BCUT2D eigenvalue weighted by Gasteiger charge is -2.19. The fourth-order valence-corrected chi connectivity index (χ4v) is 2.54. The van der Waals surface area contributed by atoms with Crippen LogP contribution in [0.2, 0.25) is 0 Å².